The van der Waals surface area contributed by atoms with Gasteiger partial charge in [0.05, 0.1) is 29.1 Å². The molecule has 4 rings (SSSR count). The number of amides is 1. The number of carbonyl (C=O) groups excluding carboxylic acids is 1. The molecule has 33 heavy (non-hydrogen) atoms. The highest BCUT2D eigenvalue weighted by Crippen LogP contribution is 2.35. The SMILES string of the molecule is COc1ccc(C=CC(=O)NCCn2nc(-c3sc(-c4cccs4)nc3C)ccc2=O)cc1. The normalized spacial score (nSPS) is 11.1. The van der Waals surface area contributed by atoms with Crippen LogP contribution in [0, 0.1) is 6.92 Å². The standard InChI is InChI=1S/C24H22N4O3S2/c1-16-23(33-24(26-16)20-4-3-15-32-20)19-10-12-22(30)28(27-19)14-13-25-21(29)11-7-17-5-8-18(31-2)9-6-17/h3-12,15H,13-14H2,1-2H3,(H,25,29). The second kappa shape index (κ2) is 10.4. The van der Waals surface area contributed by atoms with Crippen molar-refractivity contribution in [3.63, 3.8) is 0 Å². The predicted molar refractivity (Wildman–Crippen MR) is 133 cm³/mol. The molecule has 9 heteroatoms. The maximum Gasteiger partial charge on any atom is 0.266 e. The number of thiazole rings is 1. The largest absolute Gasteiger partial charge is 0.497 e. The minimum absolute atomic E-state index is 0.220. The summed E-state index contributed by atoms with van der Waals surface area (Å²) in [5.41, 5.74) is 2.23. The maximum absolute atomic E-state index is 12.3. The van der Waals surface area contributed by atoms with Gasteiger partial charge in [0.25, 0.3) is 5.56 Å². The number of rotatable bonds is 8. The summed E-state index contributed by atoms with van der Waals surface area (Å²) in [6, 6.07) is 14.6. The third-order valence-electron chi connectivity index (χ3n) is 4.79. The van der Waals surface area contributed by atoms with E-state index in [0.717, 1.165) is 31.8 Å². The van der Waals surface area contributed by atoms with Crippen LogP contribution < -0.4 is 15.6 Å². The van der Waals surface area contributed by atoms with E-state index in [4.69, 9.17) is 4.74 Å². The molecule has 0 spiro atoms. The molecule has 0 atom stereocenters. The van der Waals surface area contributed by atoms with Crippen molar-refractivity contribution in [3.05, 3.63) is 81.6 Å². The zero-order valence-electron chi connectivity index (χ0n) is 18.1. The summed E-state index contributed by atoms with van der Waals surface area (Å²) >= 11 is 3.19. The Morgan fingerprint density at radius 1 is 1.18 bits per heavy atom. The van der Waals surface area contributed by atoms with E-state index in [1.54, 1.807) is 41.9 Å². The molecule has 4 aromatic rings. The monoisotopic (exact) mass is 478 g/mol. The molecule has 7 nitrogen and oxygen atoms in total. The summed E-state index contributed by atoms with van der Waals surface area (Å²) < 4.78 is 6.49. The van der Waals surface area contributed by atoms with E-state index in [1.165, 1.54) is 16.8 Å². The van der Waals surface area contributed by atoms with Gasteiger partial charge in [-0.3, -0.25) is 9.59 Å². The van der Waals surface area contributed by atoms with Crippen molar-refractivity contribution in [1.29, 1.82) is 0 Å². The Balaban J connectivity index is 1.39. The van der Waals surface area contributed by atoms with Crippen LogP contribution in [0.25, 0.3) is 26.5 Å². The summed E-state index contributed by atoms with van der Waals surface area (Å²) in [4.78, 5) is 31.1. The van der Waals surface area contributed by atoms with Gasteiger partial charge >= 0.3 is 0 Å². The molecule has 0 fully saturated rings. The molecule has 0 aliphatic carbocycles. The fraction of sp³-hybridized carbons (Fsp3) is 0.167. The van der Waals surface area contributed by atoms with Crippen LogP contribution in [0.3, 0.4) is 0 Å². The molecule has 0 saturated carbocycles. The van der Waals surface area contributed by atoms with Crippen LogP contribution in [-0.2, 0) is 11.3 Å². The first-order chi connectivity index (χ1) is 16.0. The summed E-state index contributed by atoms with van der Waals surface area (Å²) in [5.74, 6) is 0.516. The Bertz CT molecular complexity index is 1320. The molecule has 3 heterocycles. The van der Waals surface area contributed by atoms with Crippen molar-refractivity contribution in [2.24, 2.45) is 0 Å². The minimum atomic E-state index is -0.242. The quantitative estimate of drug-likeness (QED) is 0.383. The van der Waals surface area contributed by atoms with Crippen LogP contribution in [0.4, 0.5) is 0 Å². The molecule has 1 N–H and O–H groups in total. The highest BCUT2D eigenvalue weighted by Gasteiger charge is 2.14. The summed E-state index contributed by atoms with van der Waals surface area (Å²) in [6.45, 7) is 2.49. The van der Waals surface area contributed by atoms with Crippen LogP contribution in [-0.4, -0.2) is 34.3 Å². The molecule has 3 aromatic heterocycles. The summed E-state index contributed by atoms with van der Waals surface area (Å²) in [6.07, 6.45) is 3.18. The fourth-order valence-corrected chi connectivity index (χ4v) is 4.93. The number of nitrogens with zero attached hydrogens (tertiary/aromatic N) is 3. The molecular formula is C24H22N4O3S2. The van der Waals surface area contributed by atoms with Gasteiger partial charge in [-0.05, 0) is 48.2 Å². The molecule has 0 bridgehead atoms. The van der Waals surface area contributed by atoms with Crippen LogP contribution in [0.2, 0.25) is 0 Å². The third-order valence-corrected chi connectivity index (χ3v) is 7.01. The minimum Gasteiger partial charge on any atom is -0.497 e. The number of benzene rings is 1. The van der Waals surface area contributed by atoms with Crippen LogP contribution in [0.5, 0.6) is 5.75 Å². The third kappa shape index (κ3) is 5.63. The van der Waals surface area contributed by atoms with Crippen molar-refractivity contribution >= 4 is 34.7 Å². The lowest BCUT2D eigenvalue weighted by Crippen LogP contribution is -2.31. The van der Waals surface area contributed by atoms with Crippen molar-refractivity contribution in [2.75, 3.05) is 13.7 Å². The lowest BCUT2D eigenvalue weighted by Gasteiger charge is -2.07. The Morgan fingerprint density at radius 3 is 2.73 bits per heavy atom. The van der Waals surface area contributed by atoms with Gasteiger partial charge in [0, 0.05) is 18.7 Å². The van der Waals surface area contributed by atoms with E-state index >= 15 is 0 Å². The van der Waals surface area contributed by atoms with Crippen molar-refractivity contribution < 1.29 is 9.53 Å². The topological polar surface area (TPSA) is 86.1 Å². The first kappa shape index (κ1) is 22.6. The van der Waals surface area contributed by atoms with Crippen molar-refractivity contribution in [3.8, 4) is 26.2 Å². The molecule has 1 amide bonds. The number of methoxy groups -OCH3 is 1. The van der Waals surface area contributed by atoms with Gasteiger partial charge in [-0.15, -0.1) is 22.7 Å². The Morgan fingerprint density at radius 2 is 2.00 bits per heavy atom. The smallest absolute Gasteiger partial charge is 0.266 e. The lowest BCUT2D eigenvalue weighted by molar-refractivity contribution is -0.116. The van der Waals surface area contributed by atoms with E-state index < -0.39 is 0 Å². The average Bonchev–Trinajstić information content (AvgIpc) is 3.49. The number of carbonyl (C=O) groups is 1. The van der Waals surface area contributed by atoms with E-state index in [2.05, 4.69) is 15.4 Å². The second-order valence-corrected chi connectivity index (χ2v) is 9.04. The molecule has 0 radical (unpaired) electrons. The molecule has 1 aromatic carbocycles. The molecule has 0 saturated heterocycles. The van der Waals surface area contributed by atoms with Crippen LogP contribution in [0.15, 0.2) is 64.8 Å². The average molecular weight is 479 g/mol. The first-order valence-corrected chi connectivity index (χ1v) is 11.9. The van der Waals surface area contributed by atoms with Gasteiger partial charge < -0.3 is 10.1 Å². The Kier molecular flexibility index (Phi) is 7.11. The van der Waals surface area contributed by atoms with Crippen LogP contribution in [0.1, 0.15) is 11.3 Å². The van der Waals surface area contributed by atoms with E-state index in [1.807, 2.05) is 48.7 Å². The van der Waals surface area contributed by atoms with Gasteiger partial charge in [-0.1, -0.05) is 18.2 Å². The lowest BCUT2D eigenvalue weighted by atomic mass is 10.2. The molecule has 0 aliphatic heterocycles. The van der Waals surface area contributed by atoms with Crippen molar-refractivity contribution in [1.82, 2.24) is 20.1 Å². The summed E-state index contributed by atoms with van der Waals surface area (Å²) in [5, 5.41) is 10.2. The zero-order chi connectivity index (χ0) is 23.2. The van der Waals surface area contributed by atoms with Gasteiger partial charge in [0.15, 0.2) is 0 Å². The number of ether oxygens (including phenoxy) is 1. The van der Waals surface area contributed by atoms with Crippen LogP contribution >= 0.6 is 22.7 Å². The molecule has 168 valence electrons. The summed E-state index contributed by atoms with van der Waals surface area (Å²) in [7, 11) is 1.61. The predicted octanol–water partition coefficient (Wildman–Crippen LogP) is 4.24. The second-order valence-electron chi connectivity index (χ2n) is 7.09. The number of thiophene rings is 1. The number of aromatic nitrogens is 3. The molecule has 0 unspecified atom stereocenters. The number of nitrogens with one attached hydrogen (secondary N) is 1. The fourth-order valence-electron chi connectivity index (χ4n) is 3.10. The van der Waals surface area contributed by atoms with E-state index in [0.29, 0.717) is 5.69 Å². The Labute approximate surface area is 199 Å². The van der Waals surface area contributed by atoms with E-state index in [9.17, 15) is 9.59 Å². The highest BCUT2D eigenvalue weighted by atomic mass is 32.1. The van der Waals surface area contributed by atoms with E-state index in [-0.39, 0.29) is 24.6 Å². The zero-order valence-corrected chi connectivity index (χ0v) is 19.8. The molecular weight excluding hydrogens is 456 g/mol. The van der Waals surface area contributed by atoms with Gasteiger partial charge in [-0.2, -0.15) is 5.10 Å². The maximum atomic E-state index is 12.3. The van der Waals surface area contributed by atoms with Gasteiger partial charge in [-0.25, -0.2) is 9.67 Å². The highest BCUT2D eigenvalue weighted by molar-refractivity contribution is 7.23. The van der Waals surface area contributed by atoms with Gasteiger partial charge in [0.2, 0.25) is 5.91 Å². The number of aryl methyl sites for hydroxylation is 1. The number of hydrogen-bond acceptors (Lipinski definition) is 7. The number of hydrogen-bond donors (Lipinski definition) is 1. The van der Waals surface area contributed by atoms with Gasteiger partial charge in [0.1, 0.15) is 16.5 Å². The molecule has 0 aliphatic rings. The van der Waals surface area contributed by atoms with Crippen molar-refractivity contribution in [2.45, 2.75) is 13.5 Å². The first-order valence-electron chi connectivity index (χ1n) is 10.2. The Hall–Kier alpha value is -3.56.